The third-order valence-corrected chi connectivity index (χ3v) is 3.03. The standard InChI is InChI=1S/C8H18NO4P/c1-2-9-7-3-5-8(6-4-7)13-14(10,11)12/h7-9H,2-6H2,1H3,(H2,10,11,12). The van der Waals surface area contributed by atoms with Crippen molar-refractivity contribution < 1.29 is 18.9 Å². The van der Waals surface area contributed by atoms with E-state index in [1.807, 2.05) is 0 Å². The van der Waals surface area contributed by atoms with Gasteiger partial charge in [0.05, 0.1) is 6.10 Å². The van der Waals surface area contributed by atoms with E-state index >= 15 is 0 Å². The normalized spacial score (nSPS) is 29.1. The second kappa shape index (κ2) is 5.24. The fourth-order valence-corrected chi connectivity index (χ4v) is 2.45. The second-order valence-electron chi connectivity index (χ2n) is 3.63. The van der Waals surface area contributed by atoms with E-state index in [1.54, 1.807) is 0 Å². The van der Waals surface area contributed by atoms with Crippen LogP contribution < -0.4 is 5.32 Å². The van der Waals surface area contributed by atoms with E-state index in [0.717, 1.165) is 32.2 Å². The number of hydrogen-bond donors (Lipinski definition) is 3. The van der Waals surface area contributed by atoms with Crippen molar-refractivity contribution in [3.05, 3.63) is 0 Å². The first-order valence-corrected chi connectivity index (χ1v) is 6.51. The summed E-state index contributed by atoms with van der Waals surface area (Å²) in [5.41, 5.74) is 0. The summed E-state index contributed by atoms with van der Waals surface area (Å²) in [4.78, 5) is 17.2. The molecular formula is C8H18NO4P. The summed E-state index contributed by atoms with van der Waals surface area (Å²) in [6.45, 7) is 2.99. The summed E-state index contributed by atoms with van der Waals surface area (Å²) in [5, 5.41) is 3.32. The molecule has 0 aromatic carbocycles. The molecule has 0 aromatic rings. The van der Waals surface area contributed by atoms with Gasteiger partial charge >= 0.3 is 7.82 Å². The van der Waals surface area contributed by atoms with Crippen molar-refractivity contribution in [2.45, 2.75) is 44.8 Å². The molecule has 0 heterocycles. The quantitative estimate of drug-likeness (QED) is 0.620. The lowest BCUT2D eigenvalue weighted by Crippen LogP contribution is -2.34. The number of phosphoric acid groups is 1. The Morgan fingerprint density at radius 2 is 1.93 bits per heavy atom. The molecule has 84 valence electrons. The molecule has 5 nitrogen and oxygen atoms in total. The van der Waals surface area contributed by atoms with Gasteiger partial charge in [0.25, 0.3) is 0 Å². The first-order chi connectivity index (χ1) is 6.51. The van der Waals surface area contributed by atoms with Crippen LogP contribution in [-0.2, 0) is 9.09 Å². The third kappa shape index (κ3) is 4.53. The van der Waals surface area contributed by atoms with E-state index in [-0.39, 0.29) is 6.10 Å². The van der Waals surface area contributed by atoms with E-state index in [9.17, 15) is 4.57 Å². The van der Waals surface area contributed by atoms with Crippen molar-refractivity contribution in [2.24, 2.45) is 0 Å². The van der Waals surface area contributed by atoms with Gasteiger partial charge in [-0.25, -0.2) is 4.57 Å². The molecule has 1 rings (SSSR count). The average molecular weight is 223 g/mol. The molecule has 14 heavy (non-hydrogen) atoms. The number of phosphoric ester groups is 1. The molecular weight excluding hydrogens is 205 g/mol. The lowest BCUT2D eigenvalue weighted by molar-refractivity contribution is 0.0956. The second-order valence-corrected chi connectivity index (χ2v) is 4.82. The van der Waals surface area contributed by atoms with Crippen LogP contribution in [0.4, 0.5) is 0 Å². The van der Waals surface area contributed by atoms with Gasteiger partial charge in [-0.05, 0) is 32.2 Å². The third-order valence-electron chi connectivity index (χ3n) is 2.45. The van der Waals surface area contributed by atoms with Gasteiger partial charge in [0.2, 0.25) is 0 Å². The minimum Gasteiger partial charge on any atom is -0.314 e. The molecule has 0 radical (unpaired) electrons. The van der Waals surface area contributed by atoms with Crippen molar-refractivity contribution in [3.63, 3.8) is 0 Å². The van der Waals surface area contributed by atoms with Crippen LogP contribution in [0.15, 0.2) is 0 Å². The Morgan fingerprint density at radius 3 is 2.36 bits per heavy atom. The zero-order valence-electron chi connectivity index (χ0n) is 8.35. The summed E-state index contributed by atoms with van der Waals surface area (Å²) in [6.07, 6.45) is 3.04. The highest BCUT2D eigenvalue weighted by molar-refractivity contribution is 7.46. The first kappa shape index (κ1) is 12.1. The minimum absolute atomic E-state index is 0.272. The van der Waals surface area contributed by atoms with Gasteiger partial charge in [0, 0.05) is 6.04 Å². The van der Waals surface area contributed by atoms with E-state index in [1.165, 1.54) is 0 Å². The molecule has 1 fully saturated rings. The van der Waals surface area contributed by atoms with Crippen LogP contribution in [0.1, 0.15) is 32.6 Å². The maximum absolute atomic E-state index is 10.6. The molecule has 0 unspecified atom stereocenters. The van der Waals surface area contributed by atoms with Crippen molar-refractivity contribution >= 4 is 7.82 Å². The van der Waals surface area contributed by atoms with Crippen LogP contribution in [0.2, 0.25) is 0 Å². The van der Waals surface area contributed by atoms with Crippen molar-refractivity contribution in [2.75, 3.05) is 6.54 Å². The monoisotopic (exact) mass is 223 g/mol. The largest absolute Gasteiger partial charge is 0.469 e. The van der Waals surface area contributed by atoms with E-state index in [0.29, 0.717) is 6.04 Å². The number of rotatable bonds is 4. The summed E-state index contributed by atoms with van der Waals surface area (Å²) < 4.78 is 15.2. The van der Waals surface area contributed by atoms with E-state index < -0.39 is 7.82 Å². The van der Waals surface area contributed by atoms with Gasteiger partial charge in [0.15, 0.2) is 0 Å². The molecule has 1 saturated carbocycles. The van der Waals surface area contributed by atoms with Gasteiger partial charge in [-0.15, -0.1) is 0 Å². The molecule has 0 aromatic heterocycles. The zero-order valence-corrected chi connectivity index (χ0v) is 9.24. The zero-order chi connectivity index (χ0) is 10.6. The Morgan fingerprint density at radius 1 is 1.36 bits per heavy atom. The Kier molecular flexibility index (Phi) is 4.54. The highest BCUT2D eigenvalue weighted by atomic mass is 31.2. The van der Waals surface area contributed by atoms with E-state index in [4.69, 9.17) is 9.79 Å². The van der Waals surface area contributed by atoms with Crippen LogP contribution in [0, 0.1) is 0 Å². The van der Waals surface area contributed by atoms with Crippen LogP contribution in [-0.4, -0.2) is 28.5 Å². The SMILES string of the molecule is CCNC1CCC(OP(=O)(O)O)CC1. The summed E-state index contributed by atoms with van der Waals surface area (Å²) in [5.74, 6) is 0. The van der Waals surface area contributed by atoms with Crippen LogP contribution in [0.25, 0.3) is 0 Å². The Balaban J connectivity index is 2.25. The van der Waals surface area contributed by atoms with E-state index in [2.05, 4.69) is 16.8 Å². The lowest BCUT2D eigenvalue weighted by atomic mass is 9.93. The van der Waals surface area contributed by atoms with Gasteiger partial charge in [-0.3, -0.25) is 4.52 Å². The molecule has 0 amide bonds. The molecule has 0 bridgehead atoms. The molecule has 0 atom stereocenters. The number of hydrogen-bond acceptors (Lipinski definition) is 3. The summed E-state index contributed by atoms with van der Waals surface area (Å²) in [7, 11) is -4.29. The van der Waals surface area contributed by atoms with Crippen molar-refractivity contribution in [1.82, 2.24) is 5.32 Å². The van der Waals surface area contributed by atoms with Gasteiger partial charge in [0.1, 0.15) is 0 Å². The fourth-order valence-electron chi connectivity index (χ4n) is 1.86. The highest BCUT2D eigenvalue weighted by Crippen LogP contribution is 2.40. The fraction of sp³-hybridized carbons (Fsp3) is 1.00. The Bertz CT molecular complexity index is 209. The predicted molar refractivity (Wildman–Crippen MR) is 52.8 cm³/mol. The van der Waals surface area contributed by atoms with Gasteiger partial charge in [-0.2, -0.15) is 0 Å². The topological polar surface area (TPSA) is 78.8 Å². The Labute approximate surface area is 84.1 Å². The highest BCUT2D eigenvalue weighted by Gasteiger charge is 2.26. The van der Waals surface area contributed by atoms with Gasteiger partial charge < -0.3 is 15.1 Å². The lowest BCUT2D eigenvalue weighted by Gasteiger charge is -2.28. The molecule has 1 aliphatic rings. The Hall–Kier alpha value is 0.0700. The molecule has 0 aliphatic heterocycles. The molecule has 3 N–H and O–H groups in total. The maximum Gasteiger partial charge on any atom is 0.469 e. The molecule has 0 saturated heterocycles. The van der Waals surface area contributed by atoms with Crippen molar-refractivity contribution in [1.29, 1.82) is 0 Å². The summed E-state index contributed by atoms with van der Waals surface area (Å²) in [6, 6.07) is 0.483. The predicted octanol–water partition coefficient (Wildman–Crippen LogP) is 1.02. The average Bonchev–Trinajstić information content (AvgIpc) is 2.06. The minimum atomic E-state index is -4.29. The van der Waals surface area contributed by atoms with Crippen LogP contribution in [0.3, 0.4) is 0 Å². The molecule has 1 aliphatic carbocycles. The first-order valence-electron chi connectivity index (χ1n) is 4.98. The molecule has 0 spiro atoms. The molecule has 6 heteroatoms. The van der Waals surface area contributed by atoms with Gasteiger partial charge in [-0.1, -0.05) is 6.92 Å². The van der Waals surface area contributed by atoms with Crippen molar-refractivity contribution in [3.8, 4) is 0 Å². The maximum atomic E-state index is 10.6. The smallest absolute Gasteiger partial charge is 0.314 e. The van der Waals surface area contributed by atoms with Crippen LogP contribution >= 0.6 is 7.82 Å². The van der Waals surface area contributed by atoms with Crippen LogP contribution in [0.5, 0.6) is 0 Å². The summed E-state index contributed by atoms with van der Waals surface area (Å²) >= 11 is 0. The number of nitrogens with one attached hydrogen (secondary N) is 1.